The van der Waals surface area contributed by atoms with Gasteiger partial charge in [0, 0.05) is 71.2 Å². The summed E-state index contributed by atoms with van der Waals surface area (Å²) in [6.45, 7) is 1.79. The highest BCUT2D eigenvalue weighted by molar-refractivity contribution is 6.30. The molecule has 3 heterocycles. The Morgan fingerprint density at radius 2 is 1.97 bits per heavy atom. The lowest BCUT2D eigenvalue weighted by molar-refractivity contribution is -0.119. The van der Waals surface area contributed by atoms with Gasteiger partial charge in [-0.3, -0.25) is 19.7 Å². The number of hydrogen-bond acceptors (Lipinski definition) is 6. The van der Waals surface area contributed by atoms with Crippen molar-refractivity contribution in [1.29, 1.82) is 0 Å². The van der Waals surface area contributed by atoms with Crippen molar-refractivity contribution in [1.82, 2.24) is 14.9 Å². The minimum absolute atomic E-state index is 0.126. The molecule has 5 rings (SSSR count). The van der Waals surface area contributed by atoms with Crippen LogP contribution in [0.3, 0.4) is 0 Å². The number of halogens is 1. The van der Waals surface area contributed by atoms with Crippen LogP contribution in [0.4, 0.5) is 11.4 Å². The van der Waals surface area contributed by atoms with Crippen LogP contribution >= 0.6 is 11.6 Å². The second-order valence-corrected chi connectivity index (χ2v) is 8.86. The molecule has 0 saturated heterocycles. The largest absolute Gasteiger partial charge is 0.496 e. The number of Topliss-reactive ketones (excluding diaryl/α,β-unsaturated/α-hetero) is 1. The molecular formula is C27H25ClN4O2. The molecule has 172 valence electrons. The quantitative estimate of drug-likeness (QED) is 0.398. The standard InChI is InChI=1S/C27H25ClN4O2/c1-34-26-7-6-19(28)14-18(26)15-21(33)16-32-13-10-25-23(17-32)27(30-20-8-11-29-12-9-20)22-4-2-3-5-24(22)31-25/h2-9,11-12,14H,10,13,15-17H2,1H3,(H,29,30,31). The summed E-state index contributed by atoms with van der Waals surface area (Å²) in [5.74, 6) is 0.808. The van der Waals surface area contributed by atoms with Crippen molar-refractivity contribution in [2.45, 2.75) is 19.4 Å². The zero-order valence-electron chi connectivity index (χ0n) is 18.9. The number of pyridine rings is 2. The van der Waals surface area contributed by atoms with Crippen LogP contribution in [0, 0.1) is 0 Å². The van der Waals surface area contributed by atoms with Crippen LogP contribution in [0.25, 0.3) is 10.9 Å². The van der Waals surface area contributed by atoms with E-state index in [4.69, 9.17) is 21.3 Å². The number of anilines is 2. The normalized spacial score (nSPS) is 13.5. The number of fused-ring (bicyclic) bond motifs is 2. The van der Waals surface area contributed by atoms with E-state index in [1.807, 2.05) is 30.3 Å². The maximum Gasteiger partial charge on any atom is 0.151 e. The Balaban J connectivity index is 1.40. The van der Waals surface area contributed by atoms with Crippen molar-refractivity contribution in [3.63, 3.8) is 0 Å². The molecule has 0 amide bonds. The van der Waals surface area contributed by atoms with Crippen molar-refractivity contribution in [2.24, 2.45) is 0 Å². The molecule has 34 heavy (non-hydrogen) atoms. The Morgan fingerprint density at radius 1 is 1.15 bits per heavy atom. The van der Waals surface area contributed by atoms with Gasteiger partial charge in [-0.15, -0.1) is 0 Å². The zero-order chi connectivity index (χ0) is 23.5. The first kappa shape index (κ1) is 22.3. The molecule has 0 aliphatic carbocycles. The van der Waals surface area contributed by atoms with Crippen LogP contribution in [0.5, 0.6) is 5.75 Å². The number of rotatable bonds is 7. The number of hydrogen-bond donors (Lipinski definition) is 1. The minimum atomic E-state index is 0.126. The van der Waals surface area contributed by atoms with Gasteiger partial charge in [0.25, 0.3) is 0 Å². The second kappa shape index (κ2) is 9.79. The Kier molecular flexibility index (Phi) is 6.43. The Morgan fingerprint density at radius 3 is 2.79 bits per heavy atom. The number of para-hydroxylation sites is 1. The molecule has 2 aromatic heterocycles. The van der Waals surface area contributed by atoms with Crippen LogP contribution in [0.1, 0.15) is 16.8 Å². The van der Waals surface area contributed by atoms with Crippen LogP contribution < -0.4 is 10.1 Å². The van der Waals surface area contributed by atoms with Gasteiger partial charge in [0.1, 0.15) is 5.75 Å². The monoisotopic (exact) mass is 472 g/mol. The average Bonchev–Trinajstić information content (AvgIpc) is 2.85. The third-order valence-electron chi connectivity index (χ3n) is 6.11. The Bertz CT molecular complexity index is 1340. The van der Waals surface area contributed by atoms with Crippen molar-refractivity contribution < 1.29 is 9.53 Å². The molecule has 0 bridgehead atoms. The van der Waals surface area contributed by atoms with Crippen LogP contribution in [0.15, 0.2) is 67.0 Å². The number of ketones is 1. The van der Waals surface area contributed by atoms with Gasteiger partial charge in [0.2, 0.25) is 0 Å². The topological polar surface area (TPSA) is 67.3 Å². The highest BCUT2D eigenvalue weighted by Gasteiger charge is 2.24. The van der Waals surface area contributed by atoms with E-state index >= 15 is 0 Å². The van der Waals surface area contributed by atoms with Crippen molar-refractivity contribution >= 4 is 39.7 Å². The van der Waals surface area contributed by atoms with Crippen molar-refractivity contribution in [3.8, 4) is 5.75 Å². The van der Waals surface area contributed by atoms with Crippen LogP contribution in [-0.2, 0) is 24.2 Å². The number of aromatic nitrogens is 2. The Labute approximate surface area is 203 Å². The number of ether oxygens (including phenoxy) is 1. The molecular weight excluding hydrogens is 448 g/mol. The highest BCUT2D eigenvalue weighted by atomic mass is 35.5. The van der Waals surface area contributed by atoms with E-state index in [1.165, 1.54) is 0 Å². The highest BCUT2D eigenvalue weighted by Crippen LogP contribution is 2.34. The van der Waals surface area contributed by atoms with Gasteiger partial charge in [-0.1, -0.05) is 29.8 Å². The summed E-state index contributed by atoms with van der Waals surface area (Å²) in [5, 5.41) is 5.25. The SMILES string of the molecule is COc1ccc(Cl)cc1CC(=O)CN1CCc2nc3ccccc3c(Nc3ccncc3)c2C1. The first-order valence-electron chi connectivity index (χ1n) is 11.2. The van der Waals surface area contributed by atoms with E-state index in [0.717, 1.165) is 52.1 Å². The Hall–Kier alpha value is -3.48. The molecule has 2 aromatic carbocycles. The molecule has 0 unspecified atom stereocenters. The molecule has 0 saturated carbocycles. The van der Waals surface area contributed by atoms with E-state index in [1.54, 1.807) is 37.7 Å². The van der Waals surface area contributed by atoms with Crippen LogP contribution in [-0.4, -0.2) is 40.9 Å². The van der Waals surface area contributed by atoms with Gasteiger partial charge in [0.15, 0.2) is 5.78 Å². The summed E-state index contributed by atoms with van der Waals surface area (Å²) in [5.41, 5.74) is 6.00. The maximum absolute atomic E-state index is 13.0. The summed E-state index contributed by atoms with van der Waals surface area (Å²) in [7, 11) is 1.60. The van der Waals surface area contributed by atoms with Gasteiger partial charge >= 0.3 is 0 Å². The molecule has 1 N–H and O–H groups in total. The van der Waals surface area contributed by atoms with E-state index < -0.39 is 0 Å². The van der Waals surface area contributed by atoms with E-state index in [9.17, 15) is 4.79 Å². The average molecular weight is 473 g/mol. The summed E-state index contributed by atoms with van der Waals surface area (Å²) in [6.07, 6.45) is 4.62. The van der Waals surface area contributed by atoms with Gasteiger partial charge in [-0.2, -0.15) is 0 Å². The maximum atomic E-state index is 13.0. The predicted octanol–water partition coefficient (Wildman–Crippen LogP) is 5.21. The molecule has 7 heteroatoms. The van der Waals surface area contributed by atoms with Crippen LogP contribution in [0.2, 0.25) is 5.02 Å². The summed E-state index contributed by atoms with van der Waals surface area (Å²) < 4.78 is 5.41. The van der Waals surface area contributed by atoms with E-state index in [-0.39, 0.29) is 12.2 Å². The predicted molar refractivity (Wildman–Crippen MR) is 135 cm³/mol. The molecule has 0 atom stereocenters. The van der Waals surface area contributed by atoms with Gasteiger partial charge in [0.05, 0.1) is 24.9 Å². The smallest absolute Gasteiger partial charge is 0.151 e. The third-order valence-corrected chi connectivity index (χ3v) is 6.34. The summed E-state index contributed by atoms with van der Waals surface area (Å²) in [4.78, 5) is 24.2. The van der Waals surface area contributed by atoms with Crippen molar-refractivity contribution in [2.75, 3.05) is 25.5 Å². The number of methoxy groups -OCH3 is 1. The molecule has 6 nitrogen and oxygen atoms in total. The number of benzene rings is 2. The first-order chi connectivity index (χ1) is 16.6. The van der Waals surface area contributed by atoms with Crippen molar-refractivity contribution in [3.05, 3.63) is 88.8 Å². The first-order valence-corrected chi connectivity index (χ1v) is 11.6. The number of nitrogens with one attached hydrogen (secondary N) is 1. The number of nitrogens with zero attached hydrogens (tertiary/aromatic N) is 3. The fourth-order valence-corrected chi connectivity index (χ4v) is 4.70. The lowest BCUT2D eigenvalue weighted by Crippen LogP contribution is -2.36. The summed E-state index contributed by atoms with van der Waals surface area (Å²) in [6, 6.07) is 17.4. The molecule has 1 aliphatic heterocycles. The van der Waals surface area contributed by atoms with Gasteiger partial charge < -0.3 is 10.1 Å². The lowest BCUT2D eigenvalue weighted by atomic mass is 9.99. The molecule has 4 aromatic rings. The third kappa shape index (κ3) is 4.74. The lowest BCUT2D eigenvalue weighted by Gasteiger charge is -2.30. The summed E-state index contributed by atoms with van der Waals surface area (Å²) >= 11 is 6.14. The van der Waals surface area contributed by atoms with Gasteiger partial charge in [-0.05, 0) is 36.4 Å². The minimum Gasteiger partial charge on any atom is -0.496 e. The molecule has 1 aliphatic rings. The number of carbonyl (C=O) groups excluding carboxylic acids is 1. The second-order valence-electron chi connectivity index (χ2n) is 8.42. The van der Waals surface area contributed by atoms with Gasteiger partial charge in [-0.25, -0.2) is 0 Å². The molecule has 0 spiro atoms. The number of carbonyl (C=O) groups is 1. The zero-order valence-corrected chi connectivity index (χ0v) is 19.7. The fraction of sp³-hybridized carbons (Fsp3) is 0.222. The van der Waals surface area contributed by atoms with E-state index in [0.29, 0.717) is 23.9 Å². The molecule has 0 fully saturated rings. The fourth-order valence-electron chi connectivity index (χ4n) is 4.51. The molecule has 0 radical (unpaired) electrons. The van der Waals surface area contributed by atoms with E-state index in [2.05, 4.69) is 21.3 Å².